The first kappa shape index (κ1) is 11.8. The number of rotatable bonds is 1. The lowest BCUT2D eigenvalue weighted by Crippen LogP contribution is -2.40. The van der Waals surface area contributed by atoms with Crippen molar-refractivity contribution in [3.8, 4) is 6.07 Å². The molecule has 15 heavy (non-hydrogen) atoms. The molecular formula is C9H10F3NO2. The second-order valence-electron chi connectivity index (χ2n) is 3.55. The van der Waals surface area contributed by atoms with Gasteiger partial charge in [0.05, 0.1) is 0 Å². The van der Waals surface area contributed by atoms with Gasteiger partial charge in [0.25, 0.3) is 0 Å². The van der Waals surface area contributed by atoms with Gasteiger partial charge in [0.2, 0.25) is 0 Å². The molecule has 0 radical (unpaired) electrons. The Bertz CT molecular complexity index is 287. The quantitative estimate of drug-likeness (QED) is 0.638. The molecule has 0 amide bonds. The highest BCUT2D eigenvalue weighted by Crippen LogP contribution is 2.33. The first-order valence-electron chi connectivity index (χ1n) is 4.61. The molecule has 1 saturated carbocycles. The Kier molecular flexibility index (Phi) is 3.22. The molecule has 0 N–H and O–H groups in total. The lowest BCUT2D eigenvalue weighted by atomic mass is 9.86. The molecule has 6 heteroatoms. The molecule has 0 aliphatic heterocycles. The van der Waals surface area contributed by atoms with E-state index in [0.29, 0.717) is 12.8 Å². The highest BCUT2D eigenvalue weighted by molar-refractivity contribution is 5.76. The molecule has 0 saturated heterocycles. The van der Waals surface area contributed by atoms with Crippen LogP contribution in [0.2, 0.25) is 0 Å². The predicted molar refractivity (Wildman–Crippen MR) is 43.6 cm³/mol. The Labute approximate surface area is 84.8 Å². The largest absolute Gasteiger partial charge is 0.490 e. The molecule has 0 unspecified atom stereocenters. The van der Waals surface area contributed by atoms with Crippen LogP contribution in [0, 0.1) is 11.3 Å². The van der Waals surface area contributed by atoms with Crippen LogP contribution >= 0.6 is 0 Å². The van der Waals surface area contributed by atoms with Gasteiger partial charge in [-0.1, -0.05) is 6.42 Å². The Morgan fingerprint density at radius 2 is 1.80 bits per heavy atom. The smallest absolute Gasteiger partial charge is 0.437 e. The summed E-state index contributed by atoms with van der Waals surface area (Å²) in [6.07, 6.45) is -2.58. The number of alkyl halides is 3. The highest BCUT2D eigenvalue weighted by atomic mass is 19.4. The van der Waals surface area contributed by atoms with Gasteiger partial charge in [-0.05, 0) is 12.8 Å². The number of hydrogen-bond acceptors (Lipinski definition) is 3. The number of nitrogens with zero attached hydrogens (tertiary/aromatic N) is 1. The molecule has 1 aliphatic carbocycles. The fourth-order valence-corrected chi connectivity index (χ4v) is 1.59. The minimum atomic E-state index is -5.03. The minimum absolute atomic E-state index is 0.186. The number of ether oxygens (including phenoxy) is 1. The SMILES string of the molecule is N#CC1(OC(=O)C(F)(F)F)CCCCC1. The fraction of sp³-hybridized carbons (Fsp3) is 0.778. The summed E-state index contributed by atoms with van der Waals surface area (Å²) >= 11 is 0. The standard InChI is InChI=1S/C9H10F3NO2/c10-9(11,12)7(14)15-8(6-13)4-2-1-3-5-8/h1-5H2. The number of esters is 1. The van der Waals surface area contributed by atoms with Gasteiger partial charge in [-0.2, -0.15) is 18.4 Å². The van der Waals surface area contributed by atoms with Crippen LogP contribution < -0.4 is 0 Å². The van der Waals surface area contributed by atoms with E-state index in [4.69, 9.17) is 5.26 Å². The van der Waals surface area contributed by atoms with E-state index in [1.54, 1.807) is 6.07 Å². The summed E-state index contributed by atoms with van der Waals surface area (Å²) in [5.74, 6) is -2.27. The molecule has 0 aromatic rings. The molecule has 0 aromatic heterocycles. The van der Waals surface area contributed by atoms with E-state index in [1.807, 2.05) is 0 Å². The maximum absolute atomic E-state index is 11.9. The maximum atomic E-state index is 11.9. The first-order chi connectivity index (χ1) is 6.90. The Balaban J connectivity index is 2.69. The summed E-state index contributed by atoms with van der Waals surface area (Å²) < 4.78 is 40.0. The summed E-state index contributed by atoms with van der Waals surface area (Å²) in [5.41, 5.74) is -1.56. The number of carbonyl (C=O) groups excluding carboxylic acids is 1. The van der Waals surface area contributed by atoms with Gasteiger partial charge in [0.15, 0.2) is 5.60 Å². The molecule has 0 aromatic carbocycles. The van der Waals surface area contributed by atoms with Crippen molar-refractivity contribution in [2.24, 2.45) is 0 Å². The molecule has 1 fully saturated rings. The molecule has 84 valence electrons. The summed E-state index contributed by atoms with van der Waals surface area (Å²) in [5, 5.41) is 8.76. The summed E-state index contributed by atoms with van der Waals surface area (Å²) in [4.78, 5) is 10.6. The zero-order valence-electron chi connectivity index (χ0n) is 7.93. The van der Waals surface area contributed by atoms with Crippen LogP contribution in [0.15, 0.2) is 0 Å². The van der Waals surface area contributed by atoms with E-state index in [-0.39, 0.29) is 12.8 Å². The lowest BCUT2D eigenvalue weighted by molar-refractivity contribution is -0.211. The molecule has 3 nitrogen and oxygen atoms in total. The fourth-order valence-electron chi connectivity index (χ4n) is 1.59. The summed E-state index contributed by atoms with van der Waals surface area (Å²) in [6, 6.07) is 1.68. The van der Waals surface area contributed by atoms with Crippen LogP contribution in [-0.4, -0.2) is 17.7 Å². The number of nitriles is 1. The van der Waals surface area contributed by atoms with Gasteiger partial charge in [-0.15, -0.1) is 0 Å². The molecule has 0 bridgehead atoms. The van der Waals surface area contributed by atoms with Gasteiger partial charge in [-0.25, -0.2) is 4.79 Å². The topological polar surface area (TPSA) is 50.1 Å². The second kappa shape index (κ2) is 4.09. The molecule has 0 atom stereocenters. The Morgan fingerprint density at radius 3 is 2.20 bits per heavy atom. The van der Waals surface area contributed by atoms with Gasteiger partial charge in [0.1, 0.15) is 6.07 Å². The van der Waals surface area contributed by atoms with Gasteiger partial charge >= 0.3 is 12.1 Å². The van der Waals surface area contributed by atoms with Gasteiger partial charge < -0.3 is 4.74 Å². The maximum Gasteiger partial charge on any atom is 0.490 e. The van der Waals surface area contributed by atoms with Crippen LogP contribution in [0.3, 0.4) is 0 Å². The van der Waals surface area contributed by atoms with Crippen LogP contribution in [0.25, 0.3) is 0 Å². The lowest BCUT2D eigenvalue weighted by Gasteiger charge is -2.30. The molecular weight excluding hydrogens is 211 g/mol. The third kappa shape index (κ3) is 2.85. The van der Waals surface area contributed by atoms with E-state index >= 15 is 0 Å². The molecule has 1 rings (SSSR count). The average molecular weight is 221 g/mol. The Hall–Kier alpha value is -1.25. The number of hydrogen-bond donors (Lipinski definition) is 0. The van der Waals surface area contributed by atoms with Crippen molar-refractivity contribution >= 4 is 5.97 Å². The van der Waals surface area contributed by atoms with Crippen molar-refractivity contribution in [2.45, 2.75) is 43.9 Å². The summed E-state index contributed by atoms with van der Waals surface area (Å²) in [6.45, 7) is 0. The average Bonchev–Trinajstić information content (AvgIpc) is 2.18. The zero-order chi connectivity index (χ0) is 11.5. The van der Waals surface area contributed by atoms with Crippen molar-refractivity contribution in [1.29, 1.82) is 5.26 Å². The van der Waals surface area contributed by atoms with Crippen molar-refractivity contribution < 1.29 is 22.7 Å². The monoisotopic (exact) mass is 221 g/mol. The normalized spacial score (nSPS) is 20.4. The van der Waals surface area contributed by atoms with Crippen molar-refractivity contribution in [3.63, 3.8) is 0 Å². The first-order valence-corrected chi connectivity index (χ1v) is 4.61. The minimum Gasteiger partial charge on any atom is -0.437 e. The highest BCUT2D eigenvalue weighted by Gasteiger charge is 2.47. The van der Waals surface area contributed by atoms with Gasteiger partial charge in [-0.3, -0.25) is 0 Å². The van der Waals surface area contributed by atoms with E-state index < -0.39 is 17.7 Å². The van der Waals surface area contributed by atoms with Crippen molar-refractivity contribution in [2.75, 3.05) is 0 Å². The van der Waals surface area contributed by atoms with Crippen molar-refractivity contribution in [3.05, 3.63) is 0 Å². The molecule has 1 aliphatic rings. The number of carbonyl (C=O) groups is 1. The molecule has 0 spiro atoms. The van der Waals surface area contributed by atoms with E-state index in [9.17, 15) is 18.0 Å². The van der Waals surface area contributed by atoms with E-state index in [0.717, 1.165) is 6.42 Å². The second-order valence-corrected chi connectivity index (χ2v) is 3.55. The van der Waals surface area contributed by atoms with E-state index in [1.165, 1.54) is 0 Å². The van der Waals surface area contributed by atoms with Crippen LogP contribution in [-0.2, 0) is 9.53 Å². The van der Waals surface area contributed by atoms with E-state index in [2.05, 4.69) is 4.74 Å². The van der Waals surface area contributed by atoms with Crippen LogP contribution in [0.1, 0.15) is 32.1 Å². The van der Waals surface area contributed by atoms with Crippen molar-refractivity contribution in [1.82, 2.24) is 0 Å². The third-order valence-corrected chi connectivity index (χ3v) is 2.38. The third-order valence-electron chi connectivity index (χ3n) is 2.38. The van der Waals surface area contributed by atoms with Crippen LogP contribution in [0.4, 0.5) is 13.2 Å². The summed E-state index contributed by atoms with van der Waals surface area (Å²) in [7, 11) is 0. The number of halogens is 3. The van der Waals surface area contributed by atoms with Gasteiger partial charge in [0, 0.05) is 12.8 Å². The van der Waals surface area contributed by atoms with Crippen LogP contribution in [0.5, 0.6) is 0 Å². The zero-order valence-corrected chi connectivity index (χ0v) is 7.93. The Morgan fingerprint density at radius 1 is 1.27 bits per heavy atom. The molecule has 0 heterocycles. The predicted octanol–water partition coefficient (Wildman–Crippen LogP) is 2.32.